The summed E-state index contributed by atoms with van der Waals surface area (Å²) in [7, 11) is 4.39. The Kier molecular flexibility index (Phi) is 4.51. The van der Waals surface area contributed by atoms with Gasteiger partial charge in [0.05, 0.1) is 17.3 Å². The van der Waals surface area contributed by atoms with Gasteiger partial charge in [-0.2, -0.15) is 0 Å². The Bertz CT molecular complexity index is 343. The van der Waals surface area contributed by atoms with E-state index in [0.29, 0.717) is 6.04 Å². The lowest BCUT2D eigenvalue weighted by molar-refractivity contribution is -0.0915. The first-order valence-electron chi connectivity index (χ1n) is 7.90. The summed E-state index contributed by atoms with van der Waals surface area (Å²) < 4.78 is 6.08. The minimum absolute atomic E-state index is 0.162. The maximum Gasteiger partial charge on any atom is 0.0896 e. The highest BCUT2D eigenvalue weighted by molar-refractivity contribution is 5.02. The first-order chi connectivity index (χ1) is 9.13. The summed E-state index contributed by atoms with van der Waals surface area (Å²) in [5.41, 5.74) is -0.712. The average Bonchev–Trinajstić information content (AvgIpc) is 2.47. The fraction of sp³-hybridized carbons (Fsp3) is 1.00. The summed E-state index contributed by atoms with van der Waals surface area (Å²) in [6.07, 6.45) is 2.12. The van der Waals surface area contributed by atoms with Crippen molar-refractivity contribution in [1.82, 2.24) is 9.80 Å². The lowest BCUT2D eigenvalue weighted by Crippen LogP contribution is -2.50. The topological polar surface area (TPSA) is 35.9 Å². The van der Waals surface area contributed by atoms with Crippen LogP contribution in [0.15, 0.2) is 0 Å². The monoisotopic (exact) mass is 284 g/mol. The number of piperidine rings is 1. The molecule has 0 bridgehead atoms. The van der Waals surface area contributed by atoms with Gasteiger partial charge >= 0.3 is 0 Å². The zero-order valence-electron chi connectivity index (χ0n) is 14.0. The maximum atomic E-state index is 10.6. The molecule has 3 unspecified atom stereocenters. The minimum atomic E-state index is -0.446. The zero-order chi connectivity index (χ0) is 15.1. The van der Waals surface area contributed by atoms with Crippen molar-refractivity contribution in [2.75, 3.05) is 33.7 Å². The molecule has 2 aliphatic heterocycles. The molecule has 2 rings (SSSR count). The summed E-state index contributed by atoms with van der Waals surface area (Å²) in [4.78, 5) is 4.83. The van der Waals surface area contributed by atoms with Crippen LogP contribution in [0.5, 0.6) is 0 Å². The lowest BCUT2D eigenvalue weighted by atomic mass is 9.84. The molecule has 0 aliphatic carbocycles. The third kappa shape index (κ3) is 3.19. The number of likely N-dealkylation sites (tertiary alicyclic amines) is 1. The van der Waals surface area contributed by atoms with Crippen molar-refractivity contribution in [1.29, 1.82) is 0 Å². The van der Waals surface area contributed by atoms with Crippen molar-refractivity contribution in [3.8, 4) is 0 Å². The number of ether oxygens (including phenoxy) is 1. The molecule has 0 aromatic heterocycles. The van der Waals surface area contributed by atoms with Crippen molar-refractivity contribution in [3.05, 3.63) is 0 Å². The van der Waals surface area contributed by atoms with Crippen molar-refractivity contribution in [2.45, 2.75) is 63.9 Å². The van der Waals surface area contributed by atoms with Crippen LogP contribution >= 0.6 is 0 Å². The van der Waals surface area contributed by atoms with Crippen LogP contribution in [0.25, 0.3) is 0 Å². The highest BCUT2D eigenvalue weighted by Gasteiger charge is 2.53. The summed E-state index contributed by atoms with van der Waals surface area (Å²) in [6.45, 7) is 11.4. The van der Waals surface area contributed by atoms with Gasteiger partial charge in [0.1, 0.15) is 0 Å². The van der Waals surface area contributed by atoms with Gasteiger partial charge in [0.15, 0.2) is 0 Å². The molecule has 0 spiro atoms. The van der Waals surface area contributed by atoms with Crippen LogP contribution in [-0.2, 0) is 4.74 Å². The second kappa shape index (κ2) is 5.56. The number of nitrogens with zero attached hydrogens (tertiary/aromatic N) is 2. The van der Waals surface area contributed by atoms with Gasteiger partial charge in [0, 0.05) is 25.0 Å². The van der Waals surface area contributed by atoms with Crippen molar-refractivity contribution in [2.24, 2.45) is 5.92 Å². The molecule has 1 N–H and O–H groups in total. The Morgan fingerprint density at radius 3 is 2.40 bits per heavy atom. The third-order valence-corrected chi connectivity index (χ3v) is 5.22. The number of aliphatic hydroxyl groups is 1. The van der Waals surface area contributed by atoms with Gasteiger partial charge in [-0.05, 0) is 61.2 Å². The molecule has 0 aromatic carbocycles. The first kappa shape index (κ1) is 16.2. The standard InChI is InChI=1S/C16H32N2O2/c1-15(2)13(14(19)16(3,4)20-15)11-18(6)12-8-7-9-17(5)10-12/h12-14,19H,7-11H2,1-6H3. The van der Waals surface area contributed by atoms with Gasteiger partial charge < -0.3 is 19.6 Å². The van der Waals surface area contributed by atoms with Crippen LogP contribution < -0.4 is 0 Å². The van der Waals surface area contributed by atoms with E-state index >= 15 is 0 Å². The molecule has 4 nitrogen and oxygen atoms in total. The highest BCUT2D eigenvalue weighted by atomic mass is 16.5. The number of likely N-dealkylation sites (N-methyl/N-ethyl adjacent to an activating group) is 2. The highest BCUT2D eigenvalue weighted by Crippen LogP contribution is 2.42. The van der Waals surface area contributed by atoms with Crippen molar-refractivity contribution >= 4 is 0 Å². The smallest absolute Gasteiger partial charge is 0.0896 e. The van der Waals surface area contributed by atoms with Crippen LogP contribution in [0.4, 0.5) is 0 Å². The van der Waals surface area contributed by atoms with E-state index in [-0.39, 0.29) is 11.5 Å². The summed E-state index contributed by atoms with van der Waals surface area (Å²) in [5.74, 6) is 0.162. The van der Waals surface area contributed by atoms with E-state index < -0.39 is 11.7 Å². The Hall–Kier alpha value is -0.160. The molecule has 2 aliphatic rings. The summed E-state index contributed by atoms with van der Waals surface area (Å²) >= 11 is 0. The minimum Gasteiger partial charge on any atom is -0.390 e. The van der Waals surface area contributed by atoms with Gasteiger partial charge in [-0.1, -0.05) is 0 Å². The van der Waals surface area contributed by atoms with E-state index in [1.807, 2.05) is 13.8 Å². The molecular formula is C16H32N2O2. The Labute approximate surface area is 124 Å². The summed E-state index contributed by atoms with van der Waals surface area (Å²) in [5, 5.41) is 10.6. The van der Waals surface area contributed by atoms with E-state index in [1.165, 1.54) is 19.4 Å². The Morgan fingerprint density at radius 1 is 1.25 bits per heavy atom. The van der Waals surface area contributed by atoms with Gasteiger partial charge in [0.2, 0.25) is 0 Å². The molecular weight excluding hydrogens is 252 g/mol. The van der Waals surface area contributed by atoms with E-state index in [1.54, 1.807) is 0 Å². The number of hydrogen-bond acceptors (Lipinski definition) is 4. The Balaban J connectivity index is 2.01. The predicted molar refractivity (Wildman–Crippen MR) is 81.9 cm³/mol. The van der Waals surface area contributed by atoms with E-state index in [0.717, 1.165) is 13.1 Å². The van der Waals surface area contributed by atoms with Crippen molar-refractivity contribution < 1.29 is 9.84 Å². The molecule has 4 heteroatoms. The maximum absolute atomic E-state index is 10.6. The van der Waals surface area contributed by atoms with Gasteiger partial charge in [-0.15, -0.1) is 0 Å². The van der Waals surface area contributed by atoms with Crippen LogP contribution in [0.3, 0.4) is 0 Å². The zero-order valence-corrected chi connectivity index (χ0v) is 14.0. The van der Waals surface area contributed by atoms with Gasteiger partial charge in [-0.3, -0.25) is 0 Å². The van der Waals surface area contributed by atoms with Crippen LogP contribution in [0, 0.1) is 5.92 Å². The molecule has 3 atom stereocenters. The number of hydrogen-bond donors (Lipinski definition) is 1. The molecule has 20 heavy (non-hydrogen) atoms. The lowest BCUT2D eigenvalue weighted by Gasteiger charge is -2.39. The molecule has 0 radical (unpaired) electrons. The van der Waals surface area contributed by atoms with Gasteiger partial charge in [0.25, 0.3) is 0 Å². The molecule has 2 heterocycles. The SMILES string of the molecule is CN1CCCC(N(C)CC2C(O)C(C)(C)OC2(C)C)C1. The molecule has 0 aromatic rings. The second-order valence-electron chi connectivity index (χ2n) is 7.86. The molecule has 2 fully saturated rings. The first-order valence-corrected chi connectivity index (χ1v) is 7.90. The fourth-order valence-corrected chi connectivity index (χ4v) is 3.96. The fourth-order valence-electron chi connectivity index (χ4n) is 3.96. The van der Waals surface area contributed by atoms with E-state index in [2.05, 4.69) is 37.7 Å². The third-order valence-electron chi connectivity index (χ3n) is 5.22. The quantitative estimate of drug-likeness (QED) is 0.853. The number of rotatable bonds is 3. The van der Waals surface area contributed by atoms with Crippen LogP contribution in [0.2, 0.25) is 0 Å². The molecule has 118 valence electrons. The van der Waals surface area contributed by atoms with E-state index in [4.69, 9.17) is 4.74 Å². The second-order valence-corrected chi connectivity index (χ2v) is 7.86. The Morgan fingerprint density at radius 2 is 1.90 bits per heavy atom. The number of aliphatic hydroxyl groups excluding tert-OH is 1. The molecule has 2 saturated heterocycles. The van der Waals surface area contributed by atoms with Crippen molar-refractivity contribution in [3.63, 3.8) is 0 Å². The van der Waals surface area contributed by atoms with Crippen LogP contribution in [0.1, 0.15) is 40.5 Å². The normalized spacial score (nSPS) is 37.5. The van der Waals surface area contributed by atoms with Crippen LogP contribution in [-0.4, -0.2) is 72.0 Å². The average molecular weight is 284 g/mol. The summed E-state index contributed by atoms with van der Waals surface area (Å²) in [6, 6.07) is 0.598. The molecule has 0 saturated carbocycles. The van der Waals surface area contributed by atoms with Gasteiger partial charge in [-0.25, -0.2) is 0 Å². The van der Waals surface area contributed by atoms with E-state index in [9.17, 15) is 5.11 Å². The molecule has 0 amide bonds. The largest absolute Gasteiger partial charge is 0.390 e. The predicted octanol–water partition coefficient (Wildman–Crippen LogP) is 1.58.